The summed E-state index contributed by atoms with van der Waals surface area (Å²) in [6, 6.07) is 0.163. The number of piperidine rings is 1. The van der Waals surface area contributed by atoms with E-state index < -0.39 is 0 Å². The predicted molar refractivity (Wildman–Crippen MR) is 65.5 cm³/mol. The van der Waals surface area contributed by atoms with Gasteiger partial charge in [-0.05, 0) is 18.8 Å². The molecule has 0 aromatic carbocycles. The third-order valence-electron chi connectivity index (χ3n) is 3.57. The van der Waals surface area contributed by atoms with Crippen molar-refractivity contribution in [3.05, 3.63) is 18.0 Å². The van der Waals surface area contributed by atoms with Crippen LogP contribution in [0.5, 0.6) is 0 Å². The quantitative estimate of drug-likeness (QED) is 0.818. The Bertz CT molecular complexity index is 401. The molecule has 0 radical (unpaired) electrons. The molecule has 2 heterocycles. The summed E-state index contributed by atoms with van der Waals surface area (Å²) in [7, 11) is 1.82. The first-order valence-electron chi connectivity index (χ1n) is 6.13. The van der Waals surface area contributed by atoms with Crippen molar-refractivity contribution in [2.24, 2.45) is 18.7 Å². The minimum Gasteiger partial charge on any atom is -0.334 e. The van der Waals surface area contributed by atoms with E-state index in [2.05, 4.69) is 12.0 Å². The van der Waals surface area contributed by atoms with Crippen molar-refractivity contribution in [3.63, 3.8) is 0 Å². The number of carbonyl (C=O) groups is 1. The second-order valence-electron chi connectivity index (χ2n) is 4.82. The number of amides is 1. The number of aromatic nitrogens is 2. The van der Waals surface area contributed by atoms with Crippen LogP contribution in [-0.2, 0) is 7.05 Å². The normalized spacial score (nSPS) is 25.0. The number of likely N-dealkylation sites (tertiary alicyclic amines) is 1. The largest absolute Gasteiger partial charge is 0.334 e. The summed E-state index contributed by atoms with van der Waals surface area (Å²) in [5.41, 5.74) is 6.44. The van der Waals surface area contributed by atoms with Crippen LogP contribution in [0.2, 0.25) is 0 Å². The number of nitrogens with two attached hydrogens (primary N) is 1. The molecule has 94 valence electrons. The zero-order valence-corrected chi connectivity index (χ0v) is 10.5. The summed E-state index contributed by atoms with van der Waals surface area (Å²) in [4.78, 5) is 14.3. The number of hydrogen-bond acceptors (Lipinski definition) is 3. The molecular weight excluding hydrogens is 216 g/mol. The van der Waals surface area contributed by atoms with E-state index in [0.29, 0.717) is 18.0 Å². The van der Waals surface area contributed by atoms with Crippen LogP contribution in [0.1, 0.15) is 30.1 Å². The van der Waals surface area contributed by atoms with Crippen LogP contribution in [0.25, 0.3) is 0 Å². The topological polar surface area (TPSA) is 64.2 Å². The van der Waals surface area contributed by atoms with E-state index >= 15 is 0 Å². The Labute approximate surface area is 102 Å². The molecule has 1 fully saturated rings. The first-order valence-corrected chi connectivity index (χ1v) is 6.13. The Balaban J connectivity index is 2.17. The molecular formula is C12H20N4O. The lowest BCUT2D eigenvalue weighted by molar-refractivity contribution is 0.0532. The molecule has 0 unspecified atom stereocenters. The van der Waals surface area contributed by atoms with Gasteiger partial charge in [-0.1, -0.05) is 6.92 Å². The van der Waals surface area contributed by atoms with Gasteiger partial charge in [0.05, 0.1) is 11.8 Å². The third-order valence-corrected chi connectivity index (χ3v) is 3.57. The van der Waals surface area contributed by atoms with Gasteiger partial charge in [-0.25, -0.2) is 0 Å². The van der Waals surface area contributed by atoms with Gasteiger partial charge in [0, 0.05) is 32.4 Å². The molecule has 5 nitrogen and oxygen atoms in total. The zero-order chi connectivity index (χ0) is 12.4. The minimum absolute atomic E-state index is 0.0556. The fourth-order valence-electron chi connectivity index (χ4n) is 2.56. The average Bonchev–Trinajstić information content (AvgIpc) is 2.74. The Kier molecular flexibility index (Phi) is 3.47. The monoisotopic (exact) mass is 236 g/mol. The lowest BCUT2D eigenvalue weighted by atomic mass is 9.90. The fourth-order valence-corrected chi connectivity index (χ4v) is 2.56. The Hall–Kier alpha value is -1.36. The summed E-state index contributed by atoms with van der Waals surface area (Å²) in [6.07, 6.45) is 5.59. The number of nitrogens with zero attached hydrogens (tertiary/aromatic N) is 3. The van der Waals surface area contributed by atoms with Crippen molar-refractivity contribution in [3.8, 4) is 0 Å². The van der Waals surface area contributed by atoms with Crippen molar-refractivity contribution >= 4 is 5.91 Å². The summed E-state index contributed by atoms with van der Waals surface area (Å²) in [5, 5.41) is 4.04. The van der Waals surface area contributed by atoms with Gasteiger partial charge in [-0.2, -0.15) is 5.10 Å². The maximum Gasteiger partial charge on any atom is 0.257 e. The van der Waals surface area contributed by atoms with Crippen LogP contribution in [0, 0.1) is 5.92 Å². The molecule has 1 aromatic heterocycles. The van der Waals surface area contributed by atoms with Gasteiger partial charge in [0.2, 0.25) is 0 Å². The lowest BCUT2D eigenvalue weighted by Gasteiger charge is -2.39. The molecule has 0 bridgehead atoms. The van der Waals surface area contributed by atoms with Crippen molar-refractivity contribution in [1.82, 2.24) is 14.7 Å². The zero-order valence-electron chi connectivity index (χ0n) is 10.5. The van der Waals surface area contributed by atoms with Crippen LogP contribution < -0.4 is 5.73 Å². The van der Waals surface area contributed by atoms with Crippen LogP contribution in [-0.4, -0.2) is 39.7 Å². The molecule has 5 heteroatoms. The second-order valence-corrected chi connectivity index (χ2v) is 4.82. The number of hydrogen-bond donors (Lipinski definition) is 1. The summed E-state index contributed by atoms with van der Waals surface area (Å²) in [5.74, 6) is 0.537. The molecule has 0 aliphatic carbocycles. The summed E-state index contributed by atoms with van der Waals surface area (Å²) >= 11 is 0. The highest BCUT2D eigenvalue weighted by molar-refractivity contribution is 5.94. The van der Waals surface area contributed by atoms with Crippen molar-refractivity contribution < 1.29 is 4.79 Å². The number of rotatable bonds is 2. The van der Waals surface area contributed by atoms with E-state index in [1.165, 1.54) is 0 Å². The van der Waals surface area contributed by atoms with Gasteiger partial charge < -0.3 is 10.6 Å². The van der Waals surface area contributed by atoms with Crippen molar-refractivity contribution in [2.45, 2.75) is 25.8 Å². The molecule has 1 aliphatic rings. The lowest BCUT2D eigenvalue weighted by Crippen LogP contribution is -2.51. The van der Waals surface area contributed by atoms with E-state index in [4.69, 9.17) is 5.73 Å². The van der Waals surface area contributed by atoms with E-state index in [-0.39, 0.29) is 11.9 Å². The Morgan fingerprint density at radius 3 is 3.00 bits per heavy atom. The van der Waals surface area contributed by atoms with Gasteiger partial charge in [0.25, 0.3) is 5.91 Å². The minimum atomic E-state index is 0.0556. The predicted octanol–water partition coefficient (Wildman–Crippen LogP) is 0.620. The molecule has 0 saturated carbocycles. The van der Waals surface area contributed by atoms with E-state index in [1.54, 1.807) is 17.1 Å². The molecule has 1 amide bonds. The number of carbonyl (C=O) groups excluding carboxylic acids is 1. The van der Waals surface area contributed by atoms with Gasteiger partial charge in [-0.15, -0.1) is 0 Å². The van der Waals surface area contributed by atoms with E-state index in [9.17, 15) is 4.79 Å². The van der Waals surface area contributed by atoms with Crippen LogP contribution in [0.3, 0.4) is 0 Å². The van der Waals surface area contributed by atoms with Gasteiger partial charge >= 0.3 is 0 Å². The summed E-state index contributed by atoms with van der Waals surface area (Å²) < 4.78 is 1.65. The SMILES string of the molecule is C[C@H]1CCCN(C(=O)c2cnn(C)c2)[C@@H]1CN. The molecule has 2 atom stereocenters. The smallest absolute Gasteiger partial charge is 0.257 e. The molecule has 0 spiro atoms. The van der Waals surface area contributed by atoms with E-state index in [1.807, 2.05) is 11.9 Å². The molecule has 2 N–H and O–H groups in total. The highest BCUT2D eigenvalue weighted by Gasteiger charge is 2.31. The number of aryl methyl sites for hydroxylation is 1. The molecule has 17 heavy (non-hydrogen) atoms. The Morgan fingerprint density at radius 2 is 2.41 bits per heavy atom. The molecule has 1 saturated heterocycles. The van der Waals surface area contributed by atoms with Crippen LogP contribution >= 0.6 is 0 Å². The van der Waals surface area contributed by atoms with Crippen LogP contribution in [0.4, 0.5) is 0 Å². The standard InChI is InChI=1S/C12H20N4O/c1-9-4-3-5-16(11(9)6-13)12(17)10-7-14-15(2)8-10/h7-9,11H,3-6,13H2,1-2H3/t9-,11+/m0/s1. The second kappa shape index (κ2) is 4.87. The van der Waals surface area contributed by atoms with Crippen molar-refractivity contribution in [2.75, 3.05) is 13.1 Å². The maximum absolute atomic E-state index is 12.3. The van der Waals surface area contributed by atoms with Gasteiger partial charge in [0.1, 0.15) is 0 Å². The molecule has 2 rings (SSSR count). The van der Waals surface area contributed by atoms with Gasteiger partial charge in [0.15, 0.2) is 0 Å². The first kappa shape index (κ1) is 12.1. The molecule has 1 aliphatic heterocycles. The highest BCUT2D eigenvalue weighted by atomic mass is 16.2. The van der Waals surface area contributed by atoms with Crippen molar-refractivity contribution in [1.29, 1.82) is 0 Å². The van der Waals surface area contributed by atoms with Gasteiger partial charge in [-0.3, -0.25) is 9.48 Å². The maximum atomic E-state index is 12.3. The highest BCUT2D eigenvalue weighted by Crippen LogP contribution is 2.24. The molecule has 1 aromatic rings. The fraction of sp³-hybridized carbons (Fsp3) is 0.667. The summed E-state index contributed by atoms with van der Waals surface area (Å²) in [6.45, 7) is 3.51. The average molecular weight is 236 g/mol. The van der Waals surface area contributed by atoms with Crippen LogP contribution in [0.15, 0.2) is 12.4 Å². The van der Waals surface area contributed by atoms with E-state index in [0.717, 1.165) is 19.4 Å². The Morgan fingerprint density at radius 1 is 1.65 bits per heavy atom. The third kappa shape index (κ3) is 2.34. The first-order chi connectivity index (χ1) is 8.13.